The van der Waals surface area contributed by atoms with Gasteiger partial charge in [0.25, 0.3) is 0 Å². The molecule has 1 amide bonds. The summed E-state index contributed by atoms with van der Waals surface area (Å²) in [5.41, 5.74) is 3.89. The quantitative estimate of drug-likeness (QED) is 0.203. The fraction of sp³-hybridized carbons (Fsp3) is 0.214. The van der Waals surface area contributed by atoms with Crippen molar-refractivity contribution >= 4 is 35.0 Å². The molecule has 196 valence electrons. The number of nitrogens with one attached hydrogen (secondary N) is 2. The molecule has 4 aromatic rings. The van der Waals surface area contributed by atoms with Crippen LogP contribution in [0.2, 0.25) is 0 Å². The fourth-order valence-electron chi connectivity index (χ4n) is 3.62. The number of carbonyl (C=O) groups excluding carboxylic acids is 2. The first-order chi connectivity index (χ1) is 18.5. The number of benzene rings is 3. The molecule has 0 aliphatic heterocycles. The van der Waals surface area contributed by atoms with E-state index in [1.54, 1.807) is 38.3 Å². The third-order valence-electron chi connectivity index (χ3n) is 5.52. The summed E-state index contributed by atoms with van der Waals surface area (Å²) >= 11 is 1.27. The van der Waals surface area contributed by atoms with E-state index in [-0.39, 0.29) is 18.3 Å². The molecule has 0 unspecified atom stereocenters. The van der Waals surface area contributed by atoms with Gasteiger partial charge in [-0.25, -0.2) is 4.79 Å². The van der Waals surface area contributed by atoms with Crippen LogP contribution in [0, 0.1) is 6.92 Å². The van der Waals surface area contributed by atoms with Gasteiger partial charge in [-0.1, -0.05) is 35.5 Å². The van der Waals surface area contributed by atoms with Crippen LogP contribution in [0.3, 0.4) is 0 Å². The number of methoxy groups -OCH3 is 1. The average molecular weight is 532 g/mol. The van der Waals surface area contributed by atoms with Crippen molar-refractivity contribution in [1.29, 1.82) is 0 Å². The molecule has 1 heterocycles. The Kier molecular flexibility index (Phi) is 8.99. The van der Waals surface area contributed by atoms with Gasteiger partial charge in [0.05, 0.1) is 31.6 Å². The minimum atomic E-state index is -0.433. The van der Waals surface area contributed by atoms with Crippen molar-refractivity contribution < 1.29 is 19.1 Å². The van der Waals surface area contributed by atoms with E-state index in [1.807, 2.05) is 60.0 Å². The molecule has 2 N–H and O–H groups in total. The molecule has 0 atom stereocenters. The van der Waals surface area contributed by atoms with E-state index >= 15 is 0 Å². The zero-order valence-corrected chi connectivity index (χ0v) is 22.2. The number of amides is 1. The molecule has 0 fully saturated rings. The lowest BCUT2D eigenvalue weighted by atomic mass is 10.2. The van der Waals surface area contributed by atoms with E-state index in [0.29, 0.717) is 28.8 Å². The van der Waals surface area contributed by atoms with Crippen molar-refractivity contribution in [2.45, 2.75) is 25.5 Å². The summed E-state index contributed by atoms with van der Waals surface area (Å²) in [5.74, 6) is 0.862. The standard InChI is InChI=1S/C28H29N5O4S/c1-4-37-27(35)20-6-5-7-22(16-20)30-26(34)18-38-28-32-31-25(17-29-21-10-8-19(2)9-11-21)33(28)23-12-14-24(36-3)15-13-23/h5-16,29H,4,17-18H2,1-3H3,(H,30,34). The molecule has 0 aliphatic carbocycles. The molecule has 3 aromatic carbocycles. The largest absolute Gasteiger partial charge is 0.497 e. The summed E-state index contributed by atoms with van der Waals surface area (Å²) in [4.78, 5) is 24.7. The van der Waals surface area contributed by atoms with Gasteiger partial charge in [0.2, 0.25) is 5.91 Å². The van der Waals surface area contributed by atoms with Crippen LogP contribution in [0.15, 0.2) is 78.0 Å². The van der Waals surface area contributed by atoms with Crippen LogP contribution >= 0.6 is 11.8 Å². The molecule has 9 nitrogen and oxygen atoms in total. The number of thioether (sulfide) groups is 1. The van der Waals surface area contributed by atoms with E-state index in [9.17, 15) is 9.59 Å². The molecular formula is C28H29N5O4S. The number of aryl methyl sites for hydroxylation is 1. The van der Waals surface area contributed by atoms with E-state index in [4.69, 9.17) is 9.47 Å². The number of esters is 1. The first-order valence-electron chi connectivity index (χ1n) is 12.1. The van der Waals surface area contributed by atoms with Gasteiger partial charge < -0.3 is 20.1 Å². The topological polar surface area (TPSA) is 107 Å². The highest BCUT2D eigenvalue weighted by molar-refractivity contribution is 7.99. The van der Waals surface area contributed by atoms with Gasteiger partial charge in [-0.2, -0.15) is 0 Å². The van der Waals surface area contributed by atoms with Gasteiger partial charge in [-0.05, 0) is 68.4 Å². The second kappa shape index (κ2) is 12.8. The Morgan fingerprint density at radius 2 is 1.74 bits per heavy atom. The number of carbonyl (C=O) groups is 2. The van der Waals surface area contributed by atoms with Crippen LogP contribution in [0.4, 0.5) is 11.4 Å². The van der Waals surface area contributed by atoms with Gasteiger partial charge in [0, 0.05) is 17.1 Å². The Balaban J connectivity index is 1.48. The van der Waals surface area contributed by atoms with E-state index < -0.39 is 5.97 Å². The highest BCUT2D eigenvalue weighted by Crippen LogP contribution is 2.25. The van der Waals surface area contributed by atoms with Gasteiger partial charge in [0.1, 0.15) is 5.75 Å². The number of anilines is 2. The highest BCUT2D eigenvalue weighted by Gasteiger charge is 2.17. The number of hydrogen-bond donors (Lipinski definition) is 2. The highest BCUT2D eigenvalue weighted by atomic mass is 32.2. The Morgan fingerprint density at radius 3 is 2.45 bits per heavy atom. The van der Waals surface area contributed by atoms with Gasteiger partial charge in [-0.15, -0.1) is 10.2 Å². The van der Waals surface area contributed by atoms with Crippen molar-refractivity contribution in [1.82, 2.24) is 14.8 Å². The molecule has 0 saturated heterocycles. The summed E-state index contributed by atoms with van der Waals surface area (Å²) in [7, 11) is 1.62. The minimum Gasteiger partial charge on any atom is -0.497 e. The summed E-state index contributed by atoms with van der Waals surface area (Å²) in [6.07, 6.45) is 0. The molecule has 10 heteroatoms. The molecule has 0 saturated carbocycles. The summed E-state index contributed by atoms with van der Waals surface area (Å²) in [6, 6.07) is 22.3. The number of hydrogen-bond acceptors (Lipinski definition) is 8. The zero-order chi connectivity index (χ0) is 26.9. The SMILES string of the molecule is CCOC(=O)c1cccc(NC(=O)CSc2nnc(CNc3ccc(C)cc3)n2-c2ccc(OC)cc2)c1. The Morgan fingerprint density at radius 1 is 0.974 bits per heavy atom. The van der Waals surface area contributed by atoms with Crippen LogP contribution in [0.25, 0.3) is 5.69 Å². The van der Waals surface area contributed by atoms with Gasteiger partial charge in [-0.3, -0.25) is 9.36 Å². The van der Waals surface area contributed by atoms with Crippen molar-refractivity contribution in [3.63, 3.8) is 0 Å². The van der Waals surface area contributed by atoms with Gasteiger partial charge >= 0.3 is 5.97 Å². The Hall–Kier alpha value is -4.31. The summed E-state index contributed by atoms with van der Waals surface area (Å²) in [5, 5.41) is 15.5. The van der Waals surface area contributed by atoms with E-state index in [1.165, 1.54) is 17.3 Å². The lowest BCUT2D eigenvalue weighted by Crippen LogP contribution is -2.15. The smallest absolute Gasteiger partial charge is 0.338 e. The number of nitrogens with zero attached hydrogens (tertiary/aromatic N) is 3. The third kappa shape index (κ3) is 6.92. The van der Waals surface area contributed by atoms with E-state index in [2.05, 4.69) is 20.8 Å². The predicted molar refractivity (Wildman–Crippen MR) is 148 cm³/mol. The Bertz CT molecular complexity index is 1390. The summed E-state index contributed by atoms with van der Waals surface area (Å²) in [6.45, 7) is 4.51. The Labute approximate surface area is 225 Å². The van der Waals surface area contributed by atoms with Gasteiger partial charge in [0.15, 0.2) is 11.0 Å². The van der Waals surface area contributed by atoms with Crippen LogP contribution in [0.5, 0.6) is 5.75 Å². The molecule has 1 aromatic heterocycles. The zero-order valence-electron chi connectivity index (χ0n) is 21.4. The van der Waals surface area contributed by atoms with Crippen LogP contribution in [-0.4, -0.2) is 46.1 Å². The van der Waals surface area contributed by atoms with Crippen molar-refractivity contribution in [3.8, 4) is 11.4 Å². The lowest BCUT2D eigenvalue weighted by Gasteiger charge is -2.12. The van der Waals surface area contributed by atoms with Crippen molar-refractivity contribution in [2.75, 3.05) is 30.1 Å². The first-order valence-corrected chi connectivity index (χ1v) is 13.0. The molecular weight excluding hydrogens is 502 g/mol. The lowest BCUT2D eigenvalue weighted by molar-refractivity contribution is -0.113. The molecule has 0 radical (unpaired) electrons. The second-order valence-corrected chi connectivity index (χ2v) is 9.23. The molecule has 4 rings (SSSR count). The predicted octanol–water partition coefficient (Wildman–Crippen LogP) is 5.10. The molecule has 0 spiro atoms. The molecule has 0 aliphatic rings. The number of aromatic nitrogens is 3. The van der Waals surface area contributed by atoms with Crippen LogP contribution < -0.4 is 15.4 Å². The maximum absolute atomic E-state index is 12.7. The van der Waals surface area contributed by atoms with Crippen molar-refractivity contribution in [2.24, 2.45) is 0 Å². The van der Waals surface area contributed by atoms with Crippen LogP contribution in [0.1, 0.15) is 28.7 Å². The monoisotopic (exact) mass is 531 g/mol. The average Bonchev–Trinajstić information content (AvgIpc) is 3.34. The molecule has 38 heavy (non-hydrogen) atoms. The first kappa shape index (κ1) is 26.7. The van der Waals surface area contributed by atoms with Crippen LogP contribution in [-0.2, 0) is 16.1 Å². The second-order valence-electron chi connectivity index (χ2n) is 8.29. The normalized spacial score (nSPS) is 10.6. The van der Waals surface area contributed by atoms with E-state index in [0.717, 1.165) is 17.1 Å². The molecule has 0 bridgehead atoms. The summed E-state index contributed by atoms with van der Waals surface area (Å²) < 4.78 is 12.2. The number of ether oxygens (including phenoxy) is 2. The van der Waals surface area contributed by atoms with Crippen molar-refractivity contribution in [3.05, 3.63) is 89.7 Å². The number of rotatable bonds is 11. The third-order valence-corrected chi connectivity index (χ3v) is 6.45. The maximum atomic E-state index is 12.7. The maximum Gasteiger partial charge on any atom is 0.338 e. The fourth-order valence-corrected chi connectivity index (χ4v) is 4.39. The minimum absolute atomic E-state index is 0.101.